The molecule has 156 valence electrons. The molecule has 1 amide bonds. The summed E-state index contributed by atoms with van der Waals surface area (Å²) in [6, 6.07) is 15.3. The van der Waals surface area contributed by atoms with Crippen molar-refractivity contribution in [2.45, 2.75) is 6.92 Å². The fourth-order valence-electron chi connectivity index (χ4n) is 3.70. The fourth-order valence-corrected chi connectivity index (χ4v) is 3.70. The van der Waals surface area contributed by atoms with Gasteiger partial charge >= 0.3 is 0 Å². The van der Waals surface area contributed by atoms with E-state index in [0.717, 1.165) is 32.7 Å². The maximum Gasteiger partial charge on any atom is 0.278 e. The highest BCUT2D eigenvalue weighted by Crippen LogP contribution is 2.32. The van der Waals surface area contributed by atoms with Gasteiger partial charge in [-0.15, -0.1) is 0 Å². The quantitative estimate of drug-likeness (QED) is 0.672. The molecule has 0 spiro atoms. The van der Waals surface area contributed by atoms with Crippen molar-refractivity contribution in [2.75, 3.05) is 50.1 Å². The smallest absolute Gasteiger partial charge is 0.278 e. The van der Waals surface area contributed by atoms with Crippen molar-refractivity contribution in [1.82, 2.24) is 9.88 Å². The van der Waals surface area contributed by atoms with Crippen LogP contribution in [0.1, 0.15) is 17.4 Å². The zero-order valence-corrected chi connectivity index (χ0v) is 17.3. The van der Waals surface area contributed by atoms with Crippen molar-refractivity contribution < 1.29 is 13.9 Å². The minimum atomic E-state index is -0.325. The summed E-state index contributed by atoms with van der Waals surface area (Å²) in [6.07, 6.45) is 1.27. The first-order chi connectivity index (χ1) is 14.7. The number of aromatic nitrogens is 1. The van der Waals surface area contributed by atoms with Gasteiger partial charge in [-0.2, -0.15) is 0 Å². The van der Waals surface area contributed by atoms with E-state index in [1.54, 1.807) is 7.11 Å². The Bertz CT molecular complexity index is 992. The minimum Gasteiger partial charge on any atom is -0.496 e. The summed E-state index contributed by atoms with van der Waals surface area (Å²) in [4.78, 5) is 21.8. The monoisotopic (exact) mass is 406 g/mol. The first-order valence-corrected chi connectivity index (χ1v) is 10.1. The molecular formula is C23H26N4O3. The molecule has 2 aromatic carbocycles. The van der Waals surface area contributed by atoms with Crippen LogP contribution in [0.2, 0.25) is 0 Å². The molecule has 0 saturated carbocycles. The van der Waals surface area contributed by atoms with Gasteiger partial charge in [0.05, 0.1) is 12.7 Å². The van der Waals surface area contributed by atoms with Crippen LogP contribution in [0.4, 0.5) is 11.4 Å². The summed E-state index contributed by atoms with van der Waals surface area (Å²) in [6.45, 7) is 7.47. The largest absolute Gasteiger partial charge is 0.496 e. The van der Waals surface area contributed by atoms with E-state index < -0.39 is 0 Å². The standard InChI is InChI=1S/C23H26N4O3/c1-3-26-12-14-27(15-13-26)18-10-8-17(9-11-18)25-23(28)21-22(30-16-24-21)19-6-4-5-7-20(19)29-2/h4-11,16H,3,12-15H2,1-2H3,(H,25,28). The predicted molar refractivity (Wildman–Crippen MR) is 117 cm³/mol. The Hall–Kier alpha value is -3.32. The third kappa shape index (κ3) is 4.16. The van der Waals surface area contributed by atoms with E-state index >= 15 is 0 Å². The molecule has 0 unspecified atom stereocenters. The lowest BCUT2D eigenvalue weighted by atomic mass is 10.1. The number of nitrogens with one attached hydrogen (secondary N) is 1. The normalized spacial score (nSPS) is 14.5. The van der Waals surface area contributed by atoms with Crippen molar-refractivity contribution >= 4 is 17.3 Å². The van der Waals surface area contributed by atoms with E-state index in [4.69, 9.17) is 9.15 Å². The number of hydrogen-bond donors (Lipinski definition) is 1. The Morgan fingerprint density at radius 2 is 1.83 bits per heavy atom. The Morgan fingerprint density at radius 3 is 2.53 bits per heavy atom. The number of oxazole rings is 1. The van der Waals surface area contributed by atoms with Crippen LogP contribution in [0.15, 0.2) is 59.3 Å². The molecule has 1 saturated heterocycles. The van der Waals surface area contributed by atoms with Gasteiger partial charge < -0.3 is 24.3 Å². The number of para-hydroxylation sites is 1. The second kappa shape index (κ2) is 9.00. The Balaban J connectivity index is 1.46. The number of nitrogens with zero attached hydrogens (tertiary/aromatic N) is 3. The predicted octanol–water partition coefficient (Wildman–Crippen LogP) is 3.74. The molecule has 0 radical (unpaired) electrons. The molecule has 1 fully saturated rings. The molecule has 0 bridgehead atoms. The molecule has 1 N–H and O–H groups in total. The van der Waals surface area contributed by atoms with Gasteiger partial charge in [-0.05, 0) is 42.9 Å². The van der Waals surface area contributed by atoms with Gasteiger partial charge in [0.1, 0.15) is 5.75 Å². The van der Waals surface area contributed by atoms with Gasteiger partial charge in [0.25, 0.3) is 5.91 Å². The van der Waals surface area contributed by atoms with Crippen molar-refractivity contribution in [3.63, 3.8) is 0 Å². The molecule has 1 aromatic heterocycles. The summed E-state index contributed by atoms with van der Waals surface area (Å²) in [7, 11) is 1.58. The Morgan fingerprint density at radius 1 is 1.10 bits per heavy atom. The van der Waals surface area contributed by atoms with Gasteiger partial charge in [0.2, 0.25) is 0 Å². The van der Waals surface area contributed by atoms with Crippen molar-refractivity contribution in [1.29, 1.82) is 0 Å². The molecule has 4 rings (SSSR count). The molecule has 7 heteroatoms. The number of anilines is 2. The molecule has 0 aliphatic carbocycles. The van der Waals surface area contributed by atoms with Gasteiger partial charge in [-0.25, -0.2) is 4.98 Å². The van der Waals surface area contributed by atoms with E-state index in [-0.39, 0.29) is 11.6 Å². The van der Waals surface area contributed by atoms with E-state index in [0.29, 0.717) is 22.8 Å². The first-order valence-electron chi connectivity index (χ1n) is 10.1. The highest BCUT2D eigenvalue weighted by molar-refractivity contribution is 6.06. The molecular weight excluding hydrogens is 380 g/mol. The van der Waals surface area contributed by atoms with Crippen LogP contribution in [-0.4, -0.2) is 55.6 Å². The van der Waals surface area contributed by atoms with E-state index in [2.05, 4.69) is 27.0 Å². The molecule has 1 aliphatic rings. The topological polar surface area (TPSA) is 70.8 Å². The minimum absolute atomic E-state index is 0.222. The van der Waals surface area contributed by atoms with Gasteiger partial charge in [0, 0.05) is 37.6 Å². The number of carbonyl (C=O) groups excluding carboxylic acids is 1. The van der Waals surface area contributed by atoms with Gasteiger partial charge in [0.15, 0.2) is 17.8 Å². The molecule has 0 atom stereocenters. The SMILES string of the molecule is CCN1CCN(c2ccc(NC(=O)c3ncoc3-c3ccccc3OC)cc2)CC1. The molecule has 7 nitrogen and oxygen atoms in total. The van der Waals surface area contributed by atoms with Crippen LogP contribution in [0, 0.1) is 0 Å². The number of hydrogen-bond acceptors (Lipinski definition) is 6. The van der Waals surface area contributed by atoms with Crippen LogP contribution < -0.4 is 15.0 Å². The van der Waals surface area contributed by atoms with Crippen LogP contribution in [-0.2, 0) is 0 Å². The number of piperazine rings is 1. The molecule has 30 heavy (non-hydrogen) atoms. The summed E-state index contributed by atoms with van der Waals surface area (Å²) in [5.74, 6) is 0.681. The van der Waals surface area contributed by atoms with Gasteiger partial charge in [-0.1, -0.05) is 19.1 Å². The summed E-state index contributed by atoms with van der Waals surface area (Å²) in [5.41, 5.74) is 2.79. The Labute approximate surface area is 176 Å². The van der Waals surface area contributed by atoms with E-state index in [1.807, 2.05) is 48.5 Å². The molecule has 3 aromatic rings. The first kappa shape index (κ1) is 20.0. The van der Waals surface area contributed by atoms with Crippen LogP contribution in [0.5, 0.6) is 5.75 Å². The van der Waals surface area contributed by atoms with Crippen LogP contribution in [0.25, 0.3) is 11.3 Å². The van der Waals surface area contributed by atoms with Crippen molar-refractivity contribution in [2.24, 2.45) is 0 Å². The summed E-state index contributed by atoms with van der Waals surface area (Å²) >= 11 is 0. The average Bonchev–Trinajstić information content (AvgIpc) is 3.29. The highest BCUT2D eigenvalue weighted by atomic mass is 16.5. The maximum absolute atomic E-state index is 12.8. The highest BCUT2D eigenvalue weighted by Gasteiger charge is 2.21. The Kier molecular flexibility index (Phi) is 5.99. The van der Waals surface area contributed by atoms with E-state index in [9.17, 15) is 4.79 Å². The number of methoxy groups -OCH3 is 1. The lowest BCUT2D eigenvalue weighted by Crippen LogP contribution is -2.46. The van der Waals surface area contributed by atoms with Crippen molar-refractivity contribution in [3.8, 4) is 17.1 Å². The zero-order valence-electron chi connectivity index (χ0n) is 17.3. The number of amides is 1. The lowest BCUT2D eigenvalue weighted by Gasteiger charge is -2.35. The number of rotatable bonds is 6. The third-order valence-electron chi connectivity index (χ3n) is 5.44. The van der Waals surface area contributed by atoms with Crippen molar-refractivity contribution in [3.05, 3.63) is 60.6 Å². The second-order valence-corrected chi connectivity index (χ2v) is 7.15. The lowest BCUT2D eigenvalue weighted by molar-refractivity contribution is 0.102. The number of likely N-dealkylation sites (N-methyl/N-ethyl adjacent to an activating group) is 1. The summed E-state index contributed by atoms with van der Waals surface area (Å²) in [5, 5.41) is 2.91. The summed E-state index contributed by atoms with van der Waals surface area (Å²) < 4.78 is 10.9. The molecule has 1 aliphatic heterocycles. The average molecular weight is 406 g/mol. The van der Waals surface area contributed by atoms with Gasteiger partial charge in [-0.3, -0.25) is 4.79 Å². The number of benzene rings is 2. The molecule has 2 heterocycles. The fraction of sp³-hybridized carbons (Fsp3) is 0.304. The number of ether oxygens (including phenoxy) is 1. The van der Waals surface area contributed by atoms with Crippen LogP contribution in [0.3, 0.4) is 0 Å². The third-order valence-corrected chi connectivity index (χ3v) is 5.44. The number of carbonyl (C=O) groups is 1. The second-order valence-electron chi connectivity index (χ2n) is 7.15. The van der Waals surface area contributed by atoms with Crippen LogP contribution >= 0.6 is 0 Å². The van der Waals surface area contributed by atoms with E-state index in [1.165, 1.54) is 12.1 Å². The maximum atomic E-state index is 12.8. The zero-order chi connectivity index (χ0) is 20.9.